The van der Waals surface area contributed by atoms with Gasteiger partial charge in [-0.05, 0) is 19.0 Å². The van der Waals surface area contributed by atoms with Gasteiger partial charge in [0.2, 0.25) is 5.56 Å². The maximum atomic E-state index is 11.7. The summed E-state index contributed by atoms with van der Waals surface area (Å²) in [5.41, 5.74) is 0.383. The number of halogens is 1. The Kier molecular flexibility index (Phi) is 8.07. The van der Waals surface area contributed by atoms with Crippen molar-refractivity contribution >= 4 is 18.3 Å². The Morgan fingerprint density at radius 2 is 2.00 bits per heavy atom. The Balaban J connectivity index is 0.00000289. The minimum atomic E-state index is -0.154. The number of amides is 1. The fourth-order valence-corrected chi connectivity index (χ4v) is 1.40. The molecule has 0 spiro atoms. The van der Waals surface area contributed by atoms with Crippen molar-refractivity contribution in [1.29, 1.82) is 0 Å². The van der Waals surface area contributed by atoms with E-state index in [-0.39, 0.29) is 23.9 Å². The summed E-state index contributed by atoms with van der Waals surface area (Å²) in [6, 6.07) is 2.93. The number of aryl methyl sites for hydroxylation is 1. The molecular formula is C12H20ClN3O2. The lowest BCUT2D eigenvalue weighted by molar-refractivity contribution is 0.0953. The molecule has 0 saturated heterocycles. The second-order valence-electron chi connectivity index (χ2n) is 3.87. The fourth-order valence-electron chi connectivity index (χ4n) is 1.40. The summed E-state index contributed by atoms with van der Waals surface area (Å²) in [5.74, 6) is -0.154. The van der Waals surface area contributed by atoms with Crippen LogP contribution in [-0.2, 0) is 7.05 Å². The van der Waals surface area contributed by atoms with Crippen molar-refractivity contribution in [2.45, 2.75) is 13.3 Å². The Hall–Kier alpha value is -1.33. The summed E-state index contributed by atoms with van der Waals surface area (Å²) >= 11 is 0. The molecule has 0 fully saturated rings. The zero-order chi connectivity index (χ0) is 12.7. The number of nitrogens with zero attached hydrogens (tertiary/aromatic N) is 1. The first-order chi connectivity index (χ1) is 8.15. The van der Waals surface area contributed by atoms with Crippen LogP contribution >= 0.6 is 12.4 Å². The molecule has 0 saturated carbocycles. The standard InChI is InChI=1S/C12H19N3O2.ClH/c1-3-6-13-7-8-14-12(17)10-4-5-11(16)15(2)9-10;/h4-5,9,13H,3,6-8H2,1-2H3,(H,14,17);1H. The quantitative estimate of drug-likeness (QED) is 0.744. The monoisotopic (exact) mass is 273 g/mol. The molecule has 1 aromatic rings. The van der Waals surface area contributed by atoms with Crippen LogP contribution in [0.1, 0.15) is 23.7 Å². The zero-order valence-corrected chi connectivity index (χ0v) is 11.5. The molecule has 0 aliphatic rings. The van der Waals surface area contributed by atoms with E-state index in [9.17, 15) is 9.59 Å². The van der Waals surface area contributed by atoms with Crippen LogP contribution in [0.25, 0.3) is 0 Å². The topological polar surface area (TPSA) is 63.1 Å². The van der Waals surface area contributed by atoms with Crippen LogP contribution in [0.15, 0.2) is 23.1 Å². The van der Waals surface area contributed by atoms with Crippen LogP contribution in [0.4, 0.5) is 0 Å². The van der Waals surface area contributed by atoms with Crippen LogP contribution in [0.3, 0.4) is 0 Å². The number of carbonyl (C=O) groups excluding carboxylic acids is 1. The van der Waals surface area contributed by atoms with Gasteiger partial charge in [-0.1, -0.05) is 6.92 Å². The normalized spacial score (nSPS) is 9.67. The van der Waals surface area contributed by atoms with E-state index in [0.29, 0.717) is 12.1 Å². The summed E-state index contributed by atoms with van der Waals surface area (Å²) in [6.07, 6.45) is 2.62. The molecule has 0 radical (unpaired) electrons. The molecule has 5 nitrogen and oxygen atoms in total. The average Bonchev–Trinajstić information content (AvgIpc) is 2.32. The Morgan fingerprint density at radius 3 is 2.61 bits per heavy atom. The maximum Gasteiger partial charge on any atom is 0.252 e. The Bertz CT molecular complexity index is 432. The van der Waals surface area contributed by atoms with Crippen LogP contribution in [0.2, 0.25) is 0 Å². The highest BCUT2D eigenvalue weighted by molar-refractivity contribution is 5.93. The molecule has 1 heterocycles. The number of hydrogen-bond acceptors (Lipinski definition) is 3. The number of hydrogen-bond donors (Lipinski definition) is 2. The largest absolute Gasteiger partial charge is 0.351 e. The lowest BCUT2D eigenvalue weighted by Crippen LogP contribution is -2.32. The lowest BCUT2D eigenvalue weighted by atomic mass is 10.2. The Labute approximate surface area is 113 Å². The van der Waals surface area contributed by atoms with Gasteiger partial charge in [-0.3, -0.25) is 9.59 Å². The Morgan fingerprint density at radius 1 is 1.28 bits per heavy atom. The molecule has 18 heavy (non-hydrogen) atoms. The number of rotatable bonds is 6. The smallest absolute Gasteiger partial charge is 0.252 e. The van der Waals surface area contributed by atoms with E-state index in [1.165, 1.54) is 22.9 Å². The predicted octanol–water partition coefficient (Wildman–Crippen LogP) is 0.536. The molecule has 102 valence electrons. The molecule has 0 aromatic carbocycles. The van der Waals surface area contributed by atoms with E-state index in [0.717, 1.165) is 19.5 Å². The molecule has 2 N–H and O–H groups in total. The first-order valence-corrected chi connectivity index (χ1v) is 5.80. The van der Waals surface area contributed by atoms with E-state index >= 15 is 0 Å². The van der Waals surface area contributed by atoms with Gasteiger partial charge in [0.05, 0.1) is 5.56 Å². The van der Waals surface area contributed by atoms with Crippen LogP contribution < -0.4 is 16.2 Å². The van der Waals surface area contributed by atoms with Gasteiger partial charge < -0.3 is 15.2 Å². The van der Waals surface area contributed by atoms with E-state index in [1.807, 2.05) is 0 Å². The highest BCUT2D eigenvalue weighted by Crippen LogP contribution is 1.93. The van der Waals surface area contributed by atoms with Crippen molar-refractivity contribution in [3.05, 3.63) is 34.2 Å². The highest BCUT2D eigenvalue weighted by Gasteiger charge is 2.05. The van der Waals surface area contributed by atoms with Gasteiger partial charge in [-0.2, -0.15) is 0 Å². The summed E-state index contributed by atoms with van der Waals surface area (Å²) < 4.78 is 1.39. The van der Waals surface area contributed by atoms with E-state index in [4.69, 9.17) is 0 Å². The minimum absolute atomic E-state index is 0. The second-order valence-corrected chi connectivity index (χ2v) is 3.87. The van der Waals surface area contributed by atoms with Crippen molar-refractivity contribution in [2.24, 2.45) is 7.05 Å². The summed E-state index contributed by atoms with van der Waals surface area (Å²) in [6.45, 7) is 4.39. The molecule has 0 aliphatic heterocycles. The van der Waals surface area contributed by atoms with Gasteiger partial charge >= 0.3 is 0 Å². The van der Waals surface area contributed by atoms with Crippen molar-refractivity contribution in [1.82, 2.24) is 15.2 Å². The van der Waals surface area contributed by atoms with Crippen molar-refractivity contribution in [2.75, 3.05) is 19.6 Å². The molecule has 0 bridgehead atoms. The fraction of sp³-hybridized carbons (Fsp3) is 0.500. The van der Waals surface area contributed by atoms with Crippen LogP contribution in [0, 0.1) is 0 Å². The minimum Gasteiger partial charge on any atom is -0.351 e. The maximum absolute atomic E-state index is 11.7. The first kappa shape index (κ1) is 16.7. The average molecular weight is 274 g/mol. The highest BCUT2D eigenvalue weighted by atomic mass is 35.5. The number of aromatic nitrogens is 1. The molecule has 0 unspecified atom stereocenters. The number of pyridine rings is 1. The molecule has 6 heteroatoms. The summed E-state index contributed by atoms with van der Waals surface area (Å²) in [7, 11) is 1.63. The molecule has 1 amide bonds. The molecular weight excluding hydrogens is 254 g/mol. The SMILES string of the molecule is CCCNCCNC(=O)c1ccc(=O)n(C)c1.Cl. The van der Waals surface area contributed by atoms with Gasteiger partial charge in [0.25, 0.3) is 5.91 Å². The van der Waals surface area contributed by atoms with Crippen LogP contribution in [0.5, 0.6) is 0 Å². The van der Waals surface area contributed by atoms with Gasteiger partial charge in [0, 0.05) is 32.4 Å². The van der Waals surface area contributed by atoms with E-state index < -0.39 is 0 Å². The van der Waals surface area contributed by atoms with Gasteiger partial charge in [-0.15, -0.1) is 12.4 Å². The lowest BCUT2D eigenvalue weighted by Gasteiger charge is -2.06. The summed E-state index contributed by atoms with van der Waals surface area (Å²) in [4.78, 5) is 22.8. The molecule has 1 rings (SSSR count). The number of nitrogens with one attached hydrogen (secondary N) is 2. The van der Waals surface area contributed by atoms with Crippen molar-refractivity contribution < 1.29 is 4.79 Å². The van der Waals surface area contributed by atoms with E-state index in [2.05, 4.69) is 17.6 Å². The van der Waals surface area contributed by atoms with Gasteiger partial charge in [-0.25, -0.2) is 0 Å². The summed E-state index contributed by atoms with van der Waals surface area (Å²) in [5, 5.41) is 5.98. The van der Waals surface area contributed by atoms with Crippen LogP contribution in [-0.4, -0.2) is 30.1 Å². The van der Waals surface area contributed by atoms with Crippen molar-refractivity contribution in [3.63, 3.8) is 0 Å². The van der Waals surface area contributed by atoms with Crippen molar-refractivity contribution in [3.8, 4) is 0 Å². The third kappa shape index (κ3) is 5.33. The van der Waals surface area contributed by atoms with Gasteiger partial charge in [0.1, 0.15) is 0 Å². The molecule has 0 atom stereocenters. The second kappa shape index (κ2) is 8.72. The first-order valence-electron chi connectivity index (χ1n) is 5.80. The predicted molar refractivity (Wildman–Crippen MR) is 74.4 cm³/mol. The van der Waals surface area contributed by atoms with Gasteiger partial charge in [0.15, 0.2) is 0 Å². The zero-order valence-electron chi connectivity index (χ0n) is 10.7. The third-order valence-corrected chi connectivity index (χ3v) is 2.36. The van der Waals surface area contributed by atoms with E-state index in [1.54, 1.807) is 7.05 Å². The molecule has 1 aromatic heterocycles. The molecule has 0 aliphatic carbocycles. The third-order valence-electron chi connectivity index (χ3n) is 2.36. The number of carbonyl (C=O) groups is 1.